The lowest BCUT2D eigenvalue weighted by molar-refractivity contribution is 0.207. The van der Waals surface area contributed by atoms with Crippen molar-refractivity contribution in [2.24, 2.45) is 5.92 Å². The molecule has 1 rings (SSSR count). The third-order valence-corrected chi connectivity index (χ3v) is 2.80. The molecule has 3 nitrogen and oxygen atoms in total. The Kier molecular flexibility index (Phi) is 5.35. The highest BCUT2D eigenvalue weighted by Gasteiger charge is 2.12. The Bertz CT molecular complexity index is 124. The minimum atomic E-state index is 0.277. The zero-order chi connectivity index (χ0) is 9.52. The monoisotopic (exact) mass is 186 g/mol. The van der Waals surface area contributed by atoms with Gasteiger partial charge in [0.1, 0.15) is 0 Å². The van der Waals surface area contributed by atoms with Crippen molar-refractivity contribution in [2.45, 2.75) is 19.3 Å². The number of nitrogens with zero attached hydrogens (tertiary/aromatic N) is 1. The molecule has 0 bridgehead atoms. The second-order valence-corrected chi connectivity index (χ2v) is 4.03. The number of piperidine rings is 1. The normalized spacial score (nSPS) is 23.8. The highest BCUT2D eigenvalue weighted by atomic mass is 16.3. The number of nitrogens with one attached hydrogen (secondary N) is 1. The molecule has 1 heterocycles. The van der Waals surface area contributed by atoms with Gasteiger partial charge < -0.3 is 15.3 Å². The van der Waals surface area contributed by atoms with E-state index in [2.05, 4.69) is 17.3 Å². The smallest absolute Gasteiger partial charge is 0.0558 e. The van der Waals surface area contributed by atoms with E-state index in [1.54, 1.807) is 0 Å². The van der Waals surface area contributed by atoms with Crippen molar-refractivity contribution in [3.8, 4) is 0 Å². The van der Waals surface area contributed by atoms with E-state index >= 15 is 0 Å². The van der Waals surface area contributed by atoms with Gasteiger partial charge in [0.2, 0.25) is 0 Å². The Balaban J connectivity index is 2.03. The summed E-state index contributed by atoms with van der Waals surface area (Å²) in [6.45, 7) is 4.59. The van der Waals surface area contributed by atoms with Gasteiger partial charge in [-0.1, -0.05) is 0 Å². The average Bonchev–Trinajstić information content (AvgIpc) is 2.17. The molecule has 0 aromatic carbocycles. The number of aliphatic hydroxyl groups is 1. The largest absolute Gasteiger partial charge is 0.395 e. The summed E-state index contributed by atoms with van der Waals surface area (Å²) >= 11 is 0. The van der Waals surface area contributed by atoms with Gasteiger partial charge in [0, 0.05) is 6.54 Å². The summed E-state index contributed by atoms with van der Waals surface area (Å²) in [4.78, 5) is 2.20. The number of aliphatic hydroxyl groups excluding tert-OH is 1. The molecule has 1 aliphatic heterocycles. The van der Waals surface area contributed by atoms with E-state index in [0.717, 1.165) is 19.0 Å². The summed E-state index contributed by atoms with van der Waals surface area (Å²) in [7, 11) is 2.08. The summed E-state index contributed by atoms with van der Waals surface area (Å²) in [5.74, 6) is 0.856. The minimum Gasteiger partial charge on any atom is -0.395 e. The first kappa shape index (κ1) is 11.0. The Morgan fingerprint density at radius 2 is 2.31 bits per heavy atom. The second-order valence-electron chi connectivity index (χ2n) is 4.03. The van der Waals surface area contributed by atoms with Gasteiger partial charge in [0.05, 0.1) is 6.61 Å². The highest BCUT2D eigenvalue weighted by Crippen LogP contribution is 2.13. The predicted octanol–water partition coefficient (Wildman–Crippen LogP) is 0.300. The molecular formula is C10H22N2O. The van der Waals surface area contributed by atoms with Crippen LogP contribution in [0.3, 0.4) is 0 Å². The van der Waals surface area contributed by atoms with E-state index in [1.807, 2.05) is 0 Å². The lowest BCUT2D eigenvalue weighted by Crippen LogP contribution is -2.32. The van der Waals surface area contributed by atoms with Crippen molar-refractivity contribution in [1.29, 1.82) is 0 Å². The van der Waals surface area contributed by atoms with Gasteiger partial charge >= 0.3 is 0 Å². The van der Waals surface area contributed by atoms with Crippen LogP contribution in [-0.2, 0) is 0 Å². The standard InChI is InChI=1S/C10H22N2O/c1-12(7-8-13)6-4-10-3-2-5-11-9-10/h10-11,13H,2-9H2,1H3. The molecule has 1 saturated heterocycles. The molecule has 0 aromatic heterocycles. The molecule has 3 heteroatoms. The molecule has 78 valence electrons. The van der Waals surface area contributed by atoms with Crippen molar-refractivity contribution in [3.05, 3.63) is 0 Å². The first-order valence-electron chi connectivity index (χ1n) is 5.33. The molecule has 0 radical (unpaired) electrons. The van der Waals surface area contributed by atoms with E-state index in [0.29, 0.717) is 0 Å². The molecule has 0 saturated carbocycles. The van der Waals surface area contributed by atoms with Crippen LogP contribution >= 0.6 is 0 Å². The molecular weight excluding hydrogens is 164 g/mol. The van der Waals surface area contributed by atoms with E-state index < -0.39 is 0 Å². The Hall–Kier alpha value is -0.120. The minimum absolute atomic E-state index is 0.277. The highest BCUT2D eigenvalue weighted by molar-refractivity contribution is 4.69. The zero-order valence-electron chi connectivity index (χ0n) is 8.63. The Labute approximate surface area is 81.1 Å². The van der Waals surface area contributed by atoms with Crippen molar-refractivity contribution in [3.63, 3.8) is 0 Å². The van der Waals surface area contributed by atoms with Crippen LogP contribution in [0.2, 0.25) is 0 Å². The first-order chi connectivity index (χ1) is 6.33. The lowest BCUT2D eigenvalue weighted by atomic mass is 9.96. The molecule has 2 N–H and O–H groups in total. The van der Waals surface area contributed by atoms with Gasteiger partial charge in [0.15, 0.2) is 0 Å². The molecule has 0 aliphatic carbocycles. The fourth-order valence-corrected chi connectivity index (χ4v) is 1.86. The van der Waals surface area contributed by atoms with Crippen LogP contribution in [0.15, 0.2) is 0 Å². The van der Waals surface area contributed by atoms with E-state index in [-0.39, 0.29) is 6.61 Å². The van der Waals surface area contributed by atoms with Gasteiger partial charge in [-0.15, -0.1) is 0 Å². The summed E-state index contributed by atoms with van der Waals surface area (Å²) < 4.78 is 0. The maximum absolute atomic E-state index is 8.72. The molecule has 1 aliphatic rings. The molecule has 1 fully saturated rings. The van der Waals surface area contributed by atoms with Crippen LogP contribution in [0.5, 0.6) is 0 Å². The zero-order valence-corrected chi connectivity index (χ0v) is 8.63. The van der Waals surface area contributed by atoms with Gasteiger partial charge in [-0.3, -0.25) is 0 Å². The van der Waals surface area contributed by atoms with E-state index in [1.165, 1.54) is 32.4 Å². The lowest BCUT2D eigenvalue weighted by Gasteiger charge is -2.24. The van der Waals surface area contributed by atoms with Crippen LogP contribution in [0.25, 0.3) is 0 Å². The Morgan fingerprint density at radius 3 is 2.92 bits per heavy atom. The van der Waals surface area contributed by atoms with E-state index in [9.17, 15) is 0 Å². The van der Waals surface area contributed by atoms with Crippen LogP contribution in [0, 0.1) is 5.92 Å². The molecule has 0 spiro atoms. The summed E-state index contributed by atoms with van der Waals surface area (Å²) in [5.41, 5.74) is 0. The first-order valence-corrected chi connectivity index (χ1v) is 5.33. The van der Waals surface area contributed by atoms with Crippen LogP contribution < -0.4 is 5.32 Å². The summed E-state index contributed by atoms with van der Waals surface area (Å²) in [5, 5.41) is 12.1. The van der Waals surface area contributed by atoms with Gasteiger partial charge in [0.25, 0.3) is 0 Å². The molecule has 1 atom stereocenters. The molecule has 0 aromatic rings. The van der Waals surface area contributed by atoms with Crippen LogP contribution in [-0.4, -0.2) is 49.8 Å². The van der Waals surface area contributed by atoms with Crippen LogP contribution in [0.1, 0.15) is 19.3 Å². The van der Waals surface area contributed by atoms with E-state index in [4.69, 9.17) is 5.11 Å². The van der Waals surface area contributed by atoms with Gasteiger partial charge in [-0.2, -0.15) is 0 Å². The van der Waals surface area contributed by atoms with Crippen molar-refractivity contribution in [2.75, 3.05) is 39.8 Å². The predicted molar refractivity (Wildman–Crippen MR) is 54.8 cm³/mol. The fraction of sp³-hybridized carbons (Fsp3) is 1.00. The topological polar surface area (TPSA) is 35.5 Å². The number of hydrogen-bond donors (Lipinski definition) is 2. The summed E-state index contributed by atoms with van der Waals surface area (Å²) in [6.07, 6.45) is 3.97. The molecule has 13 heavy (non-hydrogen) atoms. The van der Waals surface area contributed by atoms with Crippen molar-refractivity contribution >= 4 is 0 Å². The van der Waals surface area contributed by atoms with Gasteiger partial charge in [-0.25, -0.2) is 0 Å². The Morgan fingerprint density at radius 1 is 1.46 bits per heavy atom. The molecule has 1 unspecified atom stereocenters. The van der Waals surface area contributed by atoms with Crippen molar-refractivity contribution in [1.82, 2.24) is 10.2 Å². The number of likely N-dealkylation sites (N-methyl/N-ethyl adjacent to an activating group) is 1. The average molecular weight is 186 g/mol. The van der Waals surface area contributed by atoms with Gasteiger partial charge in [-0.05, 0) is 51.9 Å². The van der Waals surface area contributed by atoms with Crippen LogP contribution in [0.4, 0.5) is 0 Å². The second kappa shape index (κ2) is 6.35. The third kappa shape index (κ3) is 4.60. The maximum Gasteiger partial charge on any atom is 0.0558 e. The molecule has 0 amide bonds. The summed E-state index contributed by atoms with van der Waals surface area (Å²) in [6, 6.07) is 0. The maximum atomic E-state index is 8.72. The third-order valence-electron chi connectivity index (χ3n) is 2.80. The quantitative estimate of drug-likeness (QED) is 0.648. The number of rotatable bonds is 5. The van der Waals surface area contributed by atoms with Crippen molar-refractivity contribution < 1.29 is 5.11 Å². The number of hydrogen-bond acceptors (Lipinski definition) is 3. The fourth-order valence-electron chi connectivity index (χ4n) is 1.86. The SMILES string of the molecule is CN(CCO)CCC1CCCNC1.